The van der Waals surface area contributed by atoms with Gasteiger partial charge in [-0.25, -0.2) is 9.37 Å². The number of piperidine rings is 2. The summed E-state index contributed by atoms with van der Waals surface area (Å²) < 4.78 is 38.9. The van der Waals surface area contributed by atoms with Crippen molar-refractivity contribution in [2.24, 2.45) is 7.05 Å². The Morgan fingerprint density at radius 3 is 2.34 bits per heavy atom. The fourth-order valence-corrected chi connectivity index (χ4v) is 11.6. The molecule has 6 aromatic rings. The van der Waals surface area contributed by atoms with Crippen molar-refractivity contribution in [3.63, 3.8) is 0 Å². The fraction of sp³-hybridized carbons (Fsp3) is 0.346. The van der Waals surface area contributed by atoms with E-state index in [0.717, 1.165) is 39.2 Å². The Labute approximate surface area is 420 Å². The van der Waals surface area contributed by atoms with E-state index in [1.54, 1.807) is 36.2 Å². The number of alkyl halides is 1. The lowest BCUT2D eigenvalue weighted by Crippen LogP contribution is -2.53. The van der Waals surface area contributed by atoms with E-state index in [4.69, 9.17) is 9.72 Å². The van der Waals surface area contributed by atoms with E-state index in [-0.39, 0.29) is 18.2 Å². The van der Waals surface area contributed by atoms with Gasteiger partial charge >= 0.3 is 0 Å². The second kappa shape index (κ2) is 19.5. The predicted molar refractivity (Wildman–Crippen MR) is 279 cm³/mol. The van der Waals surface area contributed by atoms with Crippen LogP contribution in [0.3, 0.4) is 0 Å². The molecule has 3 saturated heterocycles. The first-order valence-electron chi connectivity index (χ1n) is 23.8. The summed E-state index contributed by atoms with van der Waals surface area (Å²) in [7, 11) is 0.756. The van der Waals surface area contributed by atoms with Gasteiger partial charge < -0.3 is 34.6 Å². The quantitative estimate of drug-likeness (QED) is 0.0754. The number of carbonyl (C=O) groups is 3. The van der Waals surface area contributed by atoms with Gasteiger partial charge in [-0.2, -0.15) is 10.1 Å². The molecule has 6 heterocycles. The first kappa shape index (κ1) is 48.0. The molecule has 1 atom stereocenters. The Balaban J connectivity index is 0.805. The van der Waals surface area contributed by atoms with E-state index in [1.165, 1.54) is 0 Å². The number of hydrogen-bond donors (Lipinski definition) is 3. The summed E-state index contributed by atoms with van der Waals surface area (Å²) in [5, 5.41) is 14.3. The van der Waals surface area contributed by atoms with Crippen LogP contribution < -0.4 is 35.8 Å². The van der Waals surface area contributed by atoms with Crippen molar-refractivity contribution < 1.29 is 28.1 Å². The summed E-state index contributed by atoms with van der Waals surface area (Å²) in [5.74, 6) is 0.429. The van der Waals surface area contributed by atoms with Crippen molar-refractivity contribution in [3.8, 4) is 28.0 Å². The molecule has 4 aromatic carbocycles. The molecule has 0 unspecified atom stereocenters. The summed E-state index contributed by atoms with van der Waals surface area (Å²) in [4.78, 5) is 55.2. The number of benzene rings is 4. The molecule has 10 rings (SSSR count). The number of methoxy groups -OCH3 is 1. The molecule has 0 bridgehead atoms. The first-order chi connectivity index (χ1) is 34.1. The molecule has 2 aromatic heterocycles. The van der Waals surface area contributed by atoms with Crippen LogP contribution >= 0.6 is 23.1 Å². The molecule has 4 aliphatic rings. The average molecular weight is 1040 g/mol. The van der Waals surface area contributed by atoms with Gasteiger partial charge in [0.1, 0.15) is 30.4 Å². The zero-order chi connectivity index (χ0) is 49.6. The lowest BCUT2D eigenvalue weighted by molar-refractivity contribution is -0.136. The maximum atomic E-state index is 16.9. The van der Waals surface area contributed by atoms with Crippen LogP contribution in [0, 0.1) is 0 Å². The van der Waals surface area contributed by atoms with Gasteiger partial charge in [-0.1, -0.05) is 36.4 Å². The molecule has 19 heteroatoms. The van der Waals surface area contributed by atoms with Gasteiger partial charge in [0.15, 0.2) is 0 Å². The molecule has 3 amide bonds. The highest BCUT2D eigenvalue weighted by Gasteiger charge is 2.40. The second-order valence-corrected chi connectivity index (χ2v) is 23.2. The highest BCUT2D eigenvalue weighted by molar-refractivity contribution is 9.10. The number of halogens is 2. The highest BCUT2D eigenvalue weighted by atomic mass is 79.9. The molecule has 4 aliphatic heterocycles. The minimum absolute atomic E-state index is 0.189. The largest absolute Gasteiger partial charge is 0.494 e. The van der Waals surface area contributed by atoms with Crippen LogP contribution in [0.5, 0.6) is 5.75 Å². The zero-order valence-electron chi connectivity index (χ0n) is 40.1. The first-order valence-corrected chi connectivity index (χ1v) is 27.2. The number of aryl methyl sites for hydroxylation is 1. The molecule has 71 heavy (non-hydrogen) atoms. The van der Waals surface area contributed by atoms with E-state index in [9.17, 15) is 18.9 Å². The third kappa shape index (κ3) is 10.2. The van der Waals surface area contributed by atoms with Crippen molar-refractivity contribution >= 4 is 80.6 Å². The van der Waals surface area contributed by atoms with Crippen LogP contribution in [0.2, 0.25) is 0 Å². The highest BCUT2D eigenvalue weighted by Crippen LogP contribution is 2.44. The van der Waals surface area contributed by atoms with Crippen molar-refractivity contribution in [2.45, 2.75) is 43.9 Å². The SMILES string of the molecule is COc1cc(N2CCC(F)(CN3CCN(c4ccc5c(c4)CN([C@@H]4CCC(=O)NC4=O)C5=O)CC3)CC2)c(-c2cnn(C)c2)cc1Nc1ncc(Br)c(Nc2ccc(-c3ccccc3)cc2P(C)(C)=O)n1. The normalized spacial score (nSPS) is 18.4. The number of ether oxygens (including phenoxy) is 1. The zero-order valence-corrected chi connectivity index (χ0v) is 42.6. The molecule has 16 nitrogen and oxygen atoms in total. The average Bonchev–Trinajstić information content (AvgIpc) is 3.94. The van der Waals surface area contributed by atoms with Gasteiger partial charge in [0, 0.05) is 130 Å². The van der Waals surface area contributed by atoms with E-state index < -0.39 is 24.8 Å². The Bertz CT molecular complexity index is 3080. The third-order valence-corrected chi connectivity index (χ3v) is 16.1. The minimum atomic E-state index is -2.73. The van der Waals surface area contributed by atoms with Crippen LogP contribution in [0.25, 0.3) is 22.3 Å². The van der Waals surface area contributed by atoms with Gasteiger partial charge in [-0.3, -0.25) is 29.3 Å². The molecular weight excluding hydrogens is 989 g/mol. The van der Waals surface area contributed by atoms with Crippen LogP contribution in [0.1, 0.15) is 41.6 Å². The summed E-state index contributed by atoms with van der Waals surface area (Å²) in [5.41, 5.74) is 7.08. The predicted octanol–water partition coefficient (Wildman–Crippen LogP) is 7.94. The summed E-state index contributed by atoms with van der Waals surface area (Å²) >= 11 is 3.62. The van der Waals surface area contributed by atoms with Crippen LogP contribution in [-0.4, -0.2) is 125 Å². The van der Waals surface area contributed by atoms with Crippen LogP contribution in [0.4, 0.5) is 38.9 Å². The van der Waals surface area contributed by atoms with Crippen LogP contribution in [0.15, 0.2) is 102 Å². The number of fused-ring (bicyclic) bond motifs is 1. The number of aromatic nitrogens is 4. The Morgan fingerprint density at radius 2 is 1.63 bits per heavy atom. The van der Waals surface area contributed by atoms with E-state index in [0.29, 0.717) is 116 Å². The number of anilines is 6. The number of hydrogen-bond acceptors (Lipinski definition) is 13. The van der Waals surface area contributed by atoms with Gasteiger partial charge in [0.2, 0.25) is 17.8 Å². The summed E-state index contributed by atoms with van der Waals surface area (Å²) in [6.07, 6.45) is 6.68. The maximum Gasteiger partial charge on any atom is 0.255 e. The number of rotatable bonds is 13. The van der Waals surface area contributed by atoms with E-state index >= 15 is 4.39 Å². The van der Waals surface area contributed by atoms with Gasteiger partial charge in [0.05, 0.1) is 29.2 Å². The molecule has 0 aliphatic carbocycles. The molecular formula is C52H56BrFN11O5P. The Kier molecular flexibility index (Phi) is 13.2. The molecule has 0 spiro atoms. The van der Waals surface area contributed by atoms with Crippen molar-refractivity contribution in [1.29, 1.82) is 0 Å². The fourth-order valence-electron chi connectivity index (χ4n) is 10.2. The number of imide groups is 1. The molecule has 368 valence electrons. The summed E-state index contributed by atoms with van der Waals surface area (Å²) in [6.45, 7) is 8.03. The lowest BCUT2D eigenvalue weighted by Gasteiger charge is -2.43. The topological polar surface area (TPSA) is 170 Å². The molecule has 3 fully saturated rings. The van der Waals surface area contributed by atoms with Gasteiger partial charge in [0.25, 0.3) is 5.91 Å². The third-order valence-electron chi connectivity index (χ3n) is 14.0. The number of carbonyl (C=O) groups excluding carboxylic acids is 3. The Hall–Kier alpha value is -6.62. The van der Waals surface area contributed by atoms with Crippen LogP contribution in [-0.2, 0) is 27.7 Å². The monoisotopic (exact) mass is 1040 g/mol. The Morgan fingerprint density at radius 1 is 0.859 bits per heavy atom. The standard InChI is InChI=1S/C52H56BrFN11O5P/c1-61-30-36(28-56-61)39-26-42(58-51-55-29-40(53)48(60-51)57-41-13-10-34(25-46(41)71(3,4)69)33-8-6-5-7-9-33)45(70-2)27-44(39)64-18-16-52(54,17-19-64)32-62-20-22-63(23-21-62)37-11-12-38-35(24-37)31-65(50(38)68)43-14-15-47(66)59-49(43)67/h5-13,24-30,43H,14-23,31-32H2,1-4H3,(H,59,66,67)(H2,55,57,58,60)/t43-/m1/s1. The maximum absolute atomic E-state index is 16.9. The number of amides is 3. The van der Waals surface area contributed by atoms with Crippen molar-refractivity contribution in [3.05, 3.63) is 113 Å². The second-order valence-electron chi connectivity index (χ2n) is 19.2. The van der Waals surface area contributed by atoms with E-state index in [2.05, 4.69) is 56.7 Å². The van der Waals surface area contributed by atoms with Crippen molar-refractivity contribution in [2.75, 3.05) is 86.7 Å². The van der Waals surface area contributed by atoms with Gasteiger partial charge in [-0.05, 0) is 88.8 Å². The van der Waals surface area contributed by atoms with Gasteiger partial charge in [-0.15, -0.1) is 0 Å². The number of piperazine rings is 1. The minimum Gasteiger partial charge on any atom is -0.494 e. The summed E-state index contributed by atoms with van der Waals surface area (Å²) in [6, 6.07) is 25.1. The lowest BCUT2D eigenvalue weighted by atomic mass is 9.91. The number of nitrogens with zero attached hydrogens (tertiary/aromatic N) is 8. The molecule has 3 N–H and O–H groups in total. The smallest absolute Gasteiger partial charge is 0.255 e. The molecule has 0 saturated carbocycles. The molecule has 0 radical (unpaired) electrons. The van der Waals surface area contributed by atoms with E-state index in [1.807, 2.05) is 98.3 Å². The van der Waals surface area contributed by atoms with Crippen molar-refractivity contribution in [1.82, 2.24) is 34.9 Å². The number of nitrogens with one attached hydrogen (secondary N) is 3.